The van der Waals surface area contributed by atoms with Crippen LogP contribution in [0.2, 0.25) is 5.02 Å². The molecule has 8 nitrogen and oxygen atoms in total. The number of H-pyrrole nitrogens is 1. The molecule has 0 saturated heterocycles. The number of halogens is 2. The molecule has 0 bridgehead atoms. The highest BCUT2D eigenvalue weighted by molar-refractivity contribution is 6.33. The van der Waals surface area contributed by atoms with Gasteiger partial charge in [-0.2, -0.15) is 0 Å². The predicted molar refractivity (Wildman–Crippen MR) is 139 cm³/mol. The van der Waals surface area contributed by atoms with Crippen LogP contribution in [0.15, 0.2) is 71.5 Å². The minimum absolute atomic E-state index is 0.0308. The molecule has 0 radical (unpaired) electrons. The number of amides is 1. The molecule has 5 aromatic rings. The van der Waals surface area contributed by atoms with E-state index in [9.17, 15) is 9.18 Å². The van der Waals surface area contributed by atoms with Crippen LogP contribution >= 0.6 is 11.6 Å². The molecule has 3 N–H and O–H groups in total. The number of aromatic nitrogens is 4. The molecular weight excluding hydrogens is 495 g/mol. The van der Waals surface area contributed by atoms with Crippen LogP contribution < -0.4 is 10.6 Å². The molecule has 0 fully saturated rings. The molecule has 0 aliphatic heterocycles. The maximum absolute atomic E-state index is 13.6. The Hall–Kier alpha value is -4.08. The van der Waals surface area contributed by atoms with Gasteiger partial charge >= 0.3 is 0 Å². The molecule has 188 valence electrons. The van der Waals surface area contributed by atoms with Crippen molar-refractivity contribution in [3.05, 3.63) is 101 Å². The van der Waals surface area contributed by atoms with Crippen molar-refractivity contribution >= 4 is 28.5 Å². The van der Waals surface area contributed by atoms with E-state index in [1.54, 1.807) is 0 Å². The molecule has 0 aliphatic carbocycles. The lowest BCUT2D eigenvalue weighted by molar-refractivity contribution is 0.0945. The van der Waals surface area contributed by atoms with Crippen molar-refractivity contribution in [2.75, 3.05) is 13.1 Å². The van der Waals surface area contributed by atoms with Crippen molar-refractivity contribution in [2.45, 2.75) is 19.4 Å². The minimum atomic E-state index is -0.474. The van der Waals surface area contributed by atoms with Crippen LogP contribution in [0.4, 0.5) is 4.39 Å². The summed E-state index contributed by atoms with van der Waals surface area (Å²) in [5.41, 5.74) is 4.10. The molecule has 1 amide bonds. The molecule has 2 aromatic carbocycles. The third-order valence-electron chi connectivity index (χ3n) is 5.82. The molecule has 3 heterocycles. The molecule has 0 atom stereocenters. The van der Waals surface area contributed by atoms with Gasteiger partial charge in [-0.25, -0.2) is 14.4 Å². The number of pyridine rings is 1. The van der Waals surface area contributed by atoms with Crippen LogP contribution in [-0.4, -0.2) is 38.9 Å². The highest BCUT2D eigenvalue weighted by atomic mass is 35.5. The van der Waals surface area contributed by atoms with Crippen LogP contribution in [0.5, 0.6) is 0 Å². The van der Waals surface area contributed by atoms with Crippen LogP contribution in [0.3, 0.4) is 0 Å². The fraction of sp³-hybridized carbons (Fsp3) is 0.185. The lowest BCUT2D eigenvalue weighted by atomic mass is 10.0. The summed E-state index contributed by atoms with van der Waals surface area (Å²) >= 11 is 6.40. The van der Waals surface area contributed by atoms with Crippen LogP contribution in [0.1, 0.15) is 27.9 Å². The summed E-state index contributed by atoms with van der Waals surface area (Å²) in [6, 6.07) is 16.5. The van der Waals surface area contributed by atoms with Crippen molar-refractivity contribution in [3.8, 4) is 11.1 Å². The number of nitrogens with zero attached hydrogens (tertiary/aromatic N) is 3. The Morgan fingerprint density at radius 2 is 1.84 bits per heavy atom. The van der Waals surface area contributed by atoms with Crippen LogP contribution in [-0.2, 0) is 19.4 Å². The van der Waals surface area contributed by atoms with E-state index < -0.39 is 11.7 Å². The van der Waals surface area contributed by atoms with Gasteiger partial charge in [0.15, 0.2) is 11.6 Å². The number of rotatable bonds is 10. The second-order valence-corrected chi connectivity index (χ2v) is 8.76. The quantitative estimate of drug-likeness (QED) is 0.231. The van der Waals surface area contributed by atoms with Gasteiger partial charge in [0.2, 0.25) is 0 Å². The third-order valence-corrected chi connectivity index (χ3v) is 6.15. The highest BCUT2D eigenvalue weighted by Gasteiger charge is 2.14. The molecule has 0 aliphatic rings. The number of oxazole rings is 1. The first-order chi connectivity index (χ1) is 18.1. The summed E-state index contributed by atoms with van der Waals surface area (Å²) in [4.78, 5) is 28.6. The average molecular weight is 519 g/mol. The summed E-state index contributed by atoms with van der Waals surface area (Å²) in [6.07, 6.45) is 3.99. The Morgan fingerprint density at radius 3 is 2.70 bits per heavy atom. The van der Waals surface area contributed by atoms with Gasteiger partial charge in [0.1, 0.15) is 17.9 Å². The van der Waals surface area contributed by atoms with Gasteiger partial charge in [0.25, 0.3) is 5.91 Å². The number of benzene rings is 2. The highest BCUT2D eigenvalue weighted by Crippen LogP contribution is 2.32. The summed E-state index contributed by atoms with van der Waals surface area (Å²) in [5.74, 6) is 0.392. The number of imidazole rings is 1. The fourth-order valence-corrected chi connectivity index (χ4v) is 4.20. The number of hydrogen-bond donors (Lipinski definition) is 3. The van der Waals surface area contributed by atoms with Gasteiger partial charge in [0, 0.05) is 48.3 Å². The van der Waals surface area contributed by atoms with E-state index >= 15 is 0 Å². The Kier molecular flexibility index (Phi) is 7.53. The topological polar surface area (TPSA) is 109 Å². The summed E-state index contributed by atoms with van der Waals surface area (Å²) in [7, 11) is 0. The summed E-state index contributed by atoms with van der Waals surface area (Å²) in [5, 5.41) is 6.63. The van der Waals surface area contributed by atoms with E-state index in [0.29, 0.717) is 36.8 Å². The van der Waals surface area contributed by atoms with Gasteiger partial charge in [0.05, 0.1) is 23.3 Å². The summed E-state index contributed by atoms with van der Waals surface area (Å²) in [6.45, 7) is 1.29. The number of hydrogen-bond acceptors (Lipinski definition) is 6. The van der Waals surface area contributed by atoms with E-state index in [4.69, 9.17) is 21.0 Å². The Bertz CT molecular complexity index is 1530. The van der Waals surface area contributed by atoms with E-state index in [1.807, 2.05) is 42.5 Å². The largest absolute Gasteiger partial charge is 0.448 e. The zero-order chi connectivity index (χ0) is 25.6. The number of carbonyl (C=O) groups is 1. The molecular formula is C27H24ClFN6O2. The standard InChI is InChI=1S/C27H24ClFN6O2/c28-19-7-2-1-5-17(19)18-6-3-9-21-26(18)35-24(33-21)10-13-30-14-11-25-34-23(16-37-25)27(36)32-15-22-20(29)8-4-12-31-22/h1-9,12,16,30H,10-11,13-15H2,(H,32,36)(H,33,35). The number of aromatic amines is 1. The zero-order valence-electron chi connectivity index (χ0n) is 19.8. The number of nitrogens with one attached hydrogen (secondary N) is 3. The Morgan fingerprint density at radius 1 is 1.00 bits per heavy atom. The van der Waals surface area contributed by atoms with Gasteiger partial charge < -0.3 is 20.0 Å². The normalized spacial score (nSPS) is 11.2. The zero-order valence-corrected chi connectivity index (χ0v) is 20.6. The van der Waals surface area contributed by atoms with Gasteiger partial charge in [-0.3, -0.25) is 9.78 Å². The van der Waals surface area contributed by atoms with E-state index in [0.717, 1.165) is 28.0 Å². The van der Waals surface area contributed by atoms with Crippen molar-refractivity contribution in [1.82, 2.24) is 30.6 Å². The van der Waals surface area contributed by atoms with Gasteiger partial charge in [-0.1, -0.05) is 41.9 Å². The first-order valence-corrected chi connectivity index (χ1v) is 12.2. The molecule has 10 heteroatoms. The lowest BCUT2D eigenvalue weighted by Crippen LogP contribution is -2.24. The first-order valence-electron chi connectivity index (χ1n) is 11.8. The lowest BCUT2D eigenvalue weighted by Gasteiger charge is -2.04. The Labute approximate surface area is 217 Å². The molecule has 5 rings (SSSR count). The average Bonchev–Trinajstić information content (AvgIpc) is 3.55. The van der Waals surface area contributed by atoms with Gasteiger partial charge in [-0.15, -0.1) is 0 Å². The predicted octanol–water partition coefficient (Wildman–Crippen LogP) is 4.71. The van der Waals surface area contributed by atoms with E-state index in [2.05, 4.69) is 25.6 Å². The number of para-hydroxylation sites is 1. The molecule has 0 unspecified atom stereocenters. The van der Waals surface area contributed by atoms with E-state index in [-0.39, 0.29) is 17.9 Å². The monoisotopic (exact) mass is 518 g/mol. The smallest absolute Gasteiger partial charge is 0.273 e. The summed E-state index contributed by atoms with van der Waals surface area (Å²) < 4.78 is 19.0. The number of fused-ring (bicyclic) bond motifs is 1. The second kappa shape index (κ2) is 11.3. The molecule has 3 aromatic heterocycles. The maximum Gasteiger partial charge on any atom is 0.273 e. The van der Waals surface area contributed by atoms with Crippen molar-refractivity contribution in [2.24, 2.45) is 0 Å². The molecule has 0 spiro atoms. The minimum Gasteiger partial charge on any atom is -0.448 e. The first kappa shape index (κ1) is 24.6. The van der Waals surface area contributed by atoms with Crippen LogP contribution in [0, 0.1) is 5.82 Å². The molecule has 0 saturated carbocycles. The Balaban J connectivity index is 1.10. The fourth-order valence-electron chi connectivity index (χ4n) is 3.96. The van der Waals surface area contributed by atoms with Crippen molar-refractivity contribution < 1.29 is 13.6 Å². The number of carbonyl (C=O) groups excluding carboxylic acids is 1. The van der Waals surface area contributed by atoms with Crippen LogP contribution in [0.25, 0.3) is 22.2 Å². The van der Waals surface area contributed by atoms with Gasteiger partial charge in [-0.05, 0) is 24.3 Å². The van der Waals surface area contributed by atoms with E-state index in [1.165, 1.54) is 24.6 Å². The second-order valence-electron chi connectivity index (χ2n) is 8.36. The third kappa shape index (κ3) is 5.84. The van der Waals surface area contributed by atoms with Crippen molar-refractivity contribution in [3.63, 3.8) is 0 Å². The van der Waals surface area contributed by atoms with Crippen molar-refractivity contribution in [1.29, 1.82) is 0 Å². The SMILES string of the molecule is O=C(NCc1ncccc1F)c1coc(CCNCCc2nc3c(-c4ccccc4Cl)cccc3[nH]2)n1. The molecule has 37 heavy (non-hydrogen) atoms. The maximum atomic E-state index is 13.6.